The maximum Gasteiger partial charge on any atom is 0.340 e. The van der Waals surface area contributed by atoms with Gasteiger partial charge in [-0.1, -0.05) is 28.1 Å². The Kier molecular flexibility index (Phi) is 8.43. The van der Waals surface area contributed by atoms with Gasteiger partial charge < -0.3 is 19.5 Å². The molecule has 0 spiro atoms. The van der Waals surface area contributed by atoms with E-state index in [1.165, 1.54) is 33.5 Å². The summed E-state index contributed by atoms with van der Waals surface area (Å²) < 4.78 is 41.5. The first-order chi connectivity index (χ1) is 14.6. The highest BCUT2D eigenvalue weighted by molar-refractivity contribution is 9.10. The molecule has 11 heteroatoms. The fourth-order valence-electron chi connectivity index (χ4n) is 2.70. The molecule has 168 valence electrons. The number of carbonyl (C=O) groups is 2. The number of amides is 1. The van der Waals surface area contributed by atoms with E-state index < -0.39 is 28.4 Å². The third-order valence-electron chi connectivity index (χ3n) is 4.26. The number of carbonyl (C=O) groups excluding carboxylic acids is 2. The van der Waals surface area contributed by atoms with Crippen molar-refractivity contribution in [2.75, 3.05) is 39.4 Å². The molecule has 0 heterocycles. The van der Waals surface area contributed by atoms with Gasteiger partial charge in [0.15, 0.2) is 11.5 Å². The molecule has 2 aromatic carbocycles. The number of sulfonamides is 1. The maximum absolute atomic E-state index is 12.7. The molecule has 0 aromatic heterocycles. The largest absolute Gasteiger partial charge is 0.493 e. The van der Waals surface area contributed by atoms with Crippen LogP contribution in [0, 0.1) is 0 Å². The quantitative estimate of drug-likeness (QED) is 0.512. The zero-order valence-electron chi connectivity index (χ0n) is 17.5. The second-order valence-corrected chi connectivity index (χ2v) is 9.35. The molecule has 9 nitrogen and oxygen atoms in total. The number of hydrogen-bond donors (Lipinski definition) is 1. The van der Waals surface area contributed by atoms with E-state index in [0.717, 1.165) is 15.0 Å². The highest BCUT2D eigenvalue weighted by Gasteiger charge is 2.23. The minimum atomic E-state index is -3.69. The number of halogens is 1. The molecule has 1 N–H and O–H groups in total. The lowest BCUT2D eigenvalue weighted by Gasteiger charge is -2.20. The van der Waals surface area contributed by atoms with E-state index in [2.05, 4.69) is 21.2 Å². The highest BCUT2D eigenvalue weighted by atomic mass is 79.9. The molecule has 2 aromatic rings. The Hall–Kier alpha value is -2.63. The Morgan fingerprint density at radius 2 is 1.61 bits per heavy atom. The SMILES string of the molecule is COC(=O)c1cc(OC)c(OC)cc1NC(=O)CN(Cc1ccc(Br)cc1)S(C)(=O)=O. The third-order valence-corrected chi connectivity index (χ3v) is 5.99. The van der Waals surface area contributed by atoms with E-state index >= 15 is 0 Å². The summed E-state index contributed by atoms with van der Waals surface area (Å²) in [4.78, 5) is 24.8. The summed E-state index contributed by atoms with van der Waals surface area (Å²) in [5, 5.41) is 2.56. The van der Waals surface area contributed by atoms with Gasteiger partial charge in [0.05, 0.1) is 45.4 Å². The van der Waals surface area contributed by atoms with Gasteiger partial charge in [0.2, 0.25) is 15.9 Å². The van der Waals surface area contributed by atoms with Crippen molar-refractivity contribution in [2.24, 2.45) is 0 Å². The third kappa shape index (κ3) is 6.68. The molecule has 2 rings (SSSR count). The number of rotatable bonds is 9. The standard InChI is InChI=1S/C20H23BrN2O7S/c1-28-17-9-15(20(25)30-3)16(10-18(17)29-2)22-19(24)12-23(31(4,26)27)11-13-5-7-14(21)8-6-13/h5-10H,11-12H2,1-4H3,(H,22,24). The minimum Gasteiger partial charge on any atom is -0.493 e. The number of methoxy groups -OCH3 is 3. The molecule has 0 saturated carbocycles. The van der Waals surface area contributed by atoms with Crippen LogP contribution in [-0.4, -0.2) is 58.7 Å². The van der Waals surface area contributed by atoms with Gasteiger partial charge in [0, 0.05) is 23.2 Å². The Morgan fingerprint density at radius 1 is 1.03 bits per heavy atom. The van der Waals surface area contributed by atoms with E-state index in [0.29, 0.717) is 5.56 Å². The van der Waals surface area contributed by atoms with Crippen LogP contribution in [0.2, 0.25) is 0 Å². The fraction of sp³-hybridized carbons (Fsp3) is 0.300. The Labute approximate surface area is 189 Å². The van der Waals surface area contributed by atoms with Crippen LogP contribution in [0.1, 0.15) is 15.9 Å². The van der Waals surface area contributed by atoms with Crippen molar-refractivity contribution < 1.29 is 32.2 Å². The first kappa shape index (κ1) is 24.6. The van der Waals surface area contributed by atoms with Gasteiger partial charge in [0.1, 0.15) is 0 Å². The number of esters is 1. The van der Waals surface area contributed by atoms with E-state index in [1.54, 1.807) is 24.3 Å². The van der Waals surface area contributed by atoms with Gasteiger partial charge in [-0.05, 0) is 17.7 Å². The summed E-state index contributed by atoms with van der Waals surface area (Å²) in [6, 6.07) is 9.84. The predicted octanol–water partition coefficient (Wildman–Crippen LogP) is 2.65. The highest BCUT2D eigenvalue weighted by Crippen LogP contribution is 2.33. The Bertz CT molecular complexity index is 1060. The summed E-state index contributed by atoms with van der Waals surface area (Å²) >= 11 is 3.32. The van der Waals surface area contributed by atoms with Crippen LogP contribution >= 0.6 is 15.9 Å². The van der Waals surface area contributed by atoms with Crippen LogP contribution in [0.4, 0.5) is 5.69 Å². The van der Waals surface area contributed by atoms with Crippen LogP contribution in [-0.2, 0) is 26.1 Å². The van der Waals surface area contributed by atoms with Crippen LogP contribution in [0.25, 0.3) is 0 Å². The van der Waals surface area contributed by atoms with Crippen LogP contribution < -0.4 is 14.8 Å². The number of nitrogens with zero attached hydrogens (tertiary/aromatic N) is 1. The van der Waals surface area contributed by atoms with E-state index in [4.69, 9.17) is 14.2 Å². The fourth-order valence-corrected chi connectivity index (χ4v) is 3.69. The van der Waals surface area contributed by atoms with Crippen molar-refractivity contribution in [2.45, 2.75) is 6.54 Å². The molecule has 0 radical (unpaired) electrons. The van der Waals surface area contributed by atoms with E-state index in [1.807, 2.05) is 0 Å². The van der Waals surface area contributed by atoms with Crippen LogP contribution in [0.5, 0.6) is 11.5 Å². The number of hydrogen-bond acceptors (Lipinski definition) is 7. The summed E-state index contributed by atoms with van der Waals surface area (Å²) in [6.45, 7) is -0.445. The second-order valence-electron chi connectivity index (χ2n) is 6.45. The molecule has 0 atom stereocenters. The van der Waals surface area contributed by atoms with Crippen molar-refractivity contribution >= 4 is 43.5 Å². The van der Waals surface area contributed by atoms with Crippen LogP contribution in [0.15, 0.2) is 40.9 Å². The van der Waals surface area contributed by atoms with Crippen molar-refractivity contribution in [3.63, 3.8) is 0 Å². The summed E-state index contributed by atoms with van der Waals surface area (Å²) in [6.07, 6.45) is 1.02. The van der Waals surface area contributed by atoms with Crippen molar-refractivity contribution in [1.29, 1.82) is 0 Å². The summed E-state index contributed by atoms with van der Waals surface area (Å²) in [5.74, 6) is -0.792. The first-order valence-electron chi connectivity index (χ1n) is 8.92. The smallest absolute Gasteiger partial charge is 0.340 e. The molecule has 0 unspecified atom stereocenters. The van der Waals surface area contributed by atoms with Gasteiger partial charge in [-0.3, -0.25) is 4.79 Å². The molecular weight excluding hydrogens is 492 g/mol. The summed E-state index contributed by atoms with van der Waals surface area (Å²) in [5.41, 5.74) is 0.849. The molecular formula is C20H23BrN2O7S. The topological polar surface area (TPSA) is 111 Å². The molecule has 0 saturated heterocycles. The average Bonchev–Trinajstić information content (AvgIpc) is 2.73. The molecule has 0 aliphatic rings. The molecule has 31 heavy (non-hydrogen) atoms. The molecule has 0 aliphatic heterocycles. The minimum absolute atomic E-state index is 0.00925. The lowest BCUT2D eigenvalue weighted by Crippen LogP contribution is -2.37. The number of benzene rings is 2. The normalized spacial score (nSPS) is 11.2. The number of nitrogens with one attached hydrogen (secondary N) is 1. The lowest BCUT2D eigenvalue weighted by molar-refractivity contribution is -0.116. The first-order valence-corrected chi connectivity index (χ1v) is 11.6. The van der Waals surface area contributed by atoms with Crippen molar-refractivity contribution in [3.05, 3.63) is 52.0 Å². The van der Waals surface area contributed by atoms with Crippen molar-refractivity contribution in [1.82, 2.24) is 4.31 Å². The van der Waals surface area contributed by atoms with Gasteiger partial charge >= 0.3 is 5.97 Å². The zero-order valence-corrected chi connectivity index (χ0v) is 19.9. The van der Waals surface area contributed by atoms with Gasteiger partial charge in [0.25, 0.3) is 0 Å². The molecule has 0 aliphatic carbocycles. The average molecular weight is 515 g/mol. The molecule has 0 fully saturated rings. The van der Waals surface area contributed by atoms with Gasteiger partial charge in [-0.15, -0.1) is 0 Å². The van der Waals surface area contributed by atoms with Crippen LogP contribution in [0.3, 0.4) is 0 Å². The molecule has 1 amide bonds. The number of anilines is 1. The monoisotopic (exact) mass is 514 g/mol. The van der Waals surface area contributed by atoms with Gasteiger partial charge in [-0.2, -0.15) is 4.31 Å². The van der Waals surface area contributed by atoms with E-state index in [9.17, 15) is 18.0 Å². The molecule has 0 bridgehead atoms. The summed E-state index contributed by atoms with van der Waals surface area (Å²) in [7, 11) is 0.326. The predicted molar refractivity (Wildman–Crippen MR) is 119 cm³/mol. The van der Waals surface area contributed by atoms with E-state index in [-0.39, 0.29) is 29.3 Å². The lowest BCUT2D eigenvalue weighted by atomic mass is 10.1. The van der Waals surface area contributed by atoms with Gasteiger partial charge in [-0.25, -0.2) is 13.2 Å². The maximum atomic E-state index is 12.7. The Morgan fingerprint density at radius 3 is 2.13 bits per heavy atom. The number of ether oxygens (including phenoxy) is 3. The van der Waals surface area contributed by atoms with Crippen molar-refractivity contribution in [3.8, 4) is 11.5 Å². The second kappa shape index (κ2) is 10.6. The zero-order chi connectivity index (χ0) is 23.2. The Balaban J connectivity index is 2.29.